The summed E-state index contributed by atoms with van der Waals surface area (Å²) in [4.78, 5) is 4.52. The molecule has 1 rings (SSSR count). The molecule has 0 saturated heterocycles. The Kier molecular flexibility index (Phi) is 5.63. The molecule has 96 valence electrons. The Bertz CT molecular complexity index is 333. The van der Waals surface area contributed by atoms with Gasteiger partial charge in [0.15, 0.2) is 0 Å². The third-order valence-electron chi connectivity index (χ3n) is 3.09. The van der Waals surface area contributed by atoms with Gasteiger partial charge in [0.1, 0.15) is 0 Å². The number of rotatable bonds is 6. The molecule has 0 bridgehead atoms. The van der Waals surface area contributed by atoms with Crippen molar-refractivity contribution in [3.05, 3.63) is 29.6 Å². The first-order valence-corrected chi connectivity index (χ1v) is 6.70. The topological polar surface area (TPSA) is 24.9 Å². The van der Waals surface area contributed by atoms with Gasteiger partial charge in [-0.3, -0.25) is 4.98 Å². The Labute approximate surface area is 106 Å². The number of aromatic nitrogens is 1. The molecule has 0 aliphatic carbocycles. The highest BCUT2D eigenvalue weighted by Gasteiger charge is 2.20. The number of hydrogen-bond donors (Lipinski definition) is 1. The third-order valence-corrected chi connectivity index (χ3v) is 3.09. The van der Waals surface area contributed by atoms with Crippen LogP contribution in [0.2, 0.25) is 0 Å². The molecular weight excluding hydrogens is 208 g/mol. The van der Waals surface area contributed by atoms with Crippen molar-refractivity contribution in [2.75, 3.05) is 6.54 Å². The fourth-order valence-corrected chi connectivity index (χ4v) is 2.43. The van der Waals surface area contributed by atoms with Crippen molar-refractivity contribution < 1.29 is 0 Å². The molecule has 0 aliphatic rings. The van der Waals surface area contributed by atoms with Crippen LogP contribution in [0.25, 0.3) is 0 Å². The lowest BCUT2D eigenvalue weighted by molar-refractivity contribution is 0.327. The largest absolute Gasteiger partial charge is 0.309 e. The molecule has 0 radical (unpaired) electrons. The molecule has 0 aromatic carbocycles. The predicted molar refractivity (Wildman–Crippen MR) is 74.0 cm³/mol. The monoisotopic (exact) mass is 234 g/mol. The normalized spacial score (nSPS) is 14.9. The highest BCUT2D eigenvalue weighted by atomic mass is 14.9. The first kappa shape index (κ1) is 14.2. The van der Waals surface area contributed by atoms with Crippen LogP contribution < -0.4 is 5.32 Å². The van der Waals surface area contributed by atoms with Crippen LogP contribution >= 0.6 is 0 Å². The first-order chi connectivity index (χ1) is 8.04. The summed E-state index contributed by atoms with van der Waals surface area (Å²) in [6, 6.07) is 4.63. The summed E-state index contributed by atoms with van der Waals surface area (Å²) in [5.74, 6) is 1.35. The second kappa shape index (κ2) is 6.75. The molecule has 0 fully saturated rings. The molecule has 2 nitrogen and oxygen atoms in total. The SMILES string of the molecule is CCNC(c1cc(C)ccn1)C(C)CC(C)C. The van der Waals surface area contributed by atoms with Gasteiger partial charge in [0.05, 0.1) is 11.7 Å². The van der Waals surface area contributed by atoms with E-state index < -0.39 is 0 Å². The zero-order chi connectivity index (χ0) is 12.8. The van der Waals surface area contributed by atoms with E-state index in [9.17, 15) is 0 Å². The Morgan fingerprint density at radius 1 is 1.29 bits per heavy atom. The lowest BCUT2D eigenvalue weighted by Gasteiger charge is -2.26. The zero-order valence-corrected chi connectivity index (χ0v) is 11.8. The summed E-state index contributed by atoms with van der Waals surface area (Å²) in [5, 5.41) is 3.57. The Morgan fingerprint density at radius 3 is 2.53 bits per heavy atom. The Morgan fingerprint density at radius 2 is 2.00 bits per heavy atom. The molecule has 1 aromatic rings. The maximum absolute atomic E-state index is 4.52. The second-order valence-corrected chi connectivity index (χ2v) is 5.40. The van der Waals surface area contributed by atoms with Crippen molar-refractivity contribution in [2.45, 2.75) is 47.1 Å². The van der Waals surface area contributed by atoms with Gasteiger partial charge in [-0.05, 0) is 49.4 Å². The summed E-state index contributed by atoms with van der Waals surface area (Å²) >= 11 is 0. The number of aryl methyl sites for hydroxylation is 1. The molecule has 0 spiro atoms. The predicted octanol–water partition coefficient (Wildman–Crippen LogP) is 3.72. The van der Waals surface area contributed by atoms with Crippen LogP contribution in [0.5, 0.6) is 0 Å². The Balaban J connectivity index is 2.84. The van der Waals surface area contributed by atoms with Gasteiger partial charge in [0, 0.05) is 6.20 Å². The van der Waals surface area contributed by atoms with E-state index >= 15 is 0 Å². The minimum atomic E-state index is 0.377. The smallest absolute Gasteiger partial charge is 0.0578 e. The maximum Gasteiger partial charge on any atom is 0.0578 e. The molecule has 2 atom stereocenters. The van der Waals surface area contributed by atoms with E-state index in [2.05, 4.69) is 57.1 Å². The number of nitrogens with zero attached hydrogens (tertiary/aromatic N) is 1. The van der Waals surface area contributed by atoms with Gasteiger partial charge in [0.2, 0.25) is 0 Å². The summed E-state index contributed by atoms with van der Waals surface area (Å²) in [5.41, 5.74) is 2.47. The highest BCUT2D eigenvalue weighted by molar-refractivity contribution is 5.17. The maximum atomic E-state index is 4.52. The number of nitrogens with one attached hydrogen (secondary N) is 1. The van der Waals surface area contributed by atoms with E-state index in [0.29, 0.717) is 12.0 Å². The molecule has 1 N–H and O–H groups in total. The van der Waals surface area contributed by atoms with Crippen molar-refractivity contribution in [1.82, 2.24) is 10.3 Å². The van der Waals surface area contributed by atoms with Crippen LogP contribution in [0.1, 0.15) is 51.4 Å². The van der Waals surface area contributed by atoms with E-state index in [-0.39, 0.29) is 0 Å². The van der Waals surface area contributed by atoms with Gasteiger partial charge in [-0.1, -0.05) is 27.7 Å². The molecule has 17 heavy (non-hydrogen) atoms. The Hall–Kier alpha value is -0.890. The lowest BCUT2D eigenvalue weighted by atomic mass is 9.89. The van der Waals surface area contributed by atoms with Crippen LogP contribution in [0, 0.1) is 18.8 Å². The molecule has 0 saturated carbocycles. The van der Waals surface area contributed by atoms with Crippen LogP contribution in [0.4, 0.5) is 0 Å². The summed E-state index contributed by atoms with van der Waals surface area (Å²) in [7, 11) is 0. The fraction of sp³-hybridized carbons (Fsp3) is 0.667. The fourth-order valence-electron chi connectivity index (χ4n) is 2.43. The molecule has 2 heteroatoms. The standard InChI is InChI=1S/C15H26N2/c1-6-16-15(13(5)9-11(2)3)14-10-12(4)7-8-17-14/h7-8,10-11,13,15-16H,6,9H2,1-5H3. The van der Waals surface area contributed by atoms with Crippen molar-refractivity contribution >= 4 is 0 Å². The molecule has 0 amide bonds. The van der Waals surface area contributed by atoms with Gasteiger partial charge in [-0.25, -0.2) is 0 Å². The minimum Gasteiger partial charge on any atom is -0.309 e. The van der Waals surface area contributed by atoms with Crippen molar-refractivity contribution in [3.8, 4) is 0 Å². The summed E-state index contributed by atoms with van der Waals surface area (Å²) in [6.07, 6.45) is 3.14. The molecule has 1 aromatic heterocycles. The van der Waals surface area contributed by atoms with E-state index in [0.717, 1.165) is 12.5 Å². The molecular formula is C15H26N2. The van der Waals surface area contributed by atoms with Crippen LogP contribution in [0.3, 0.4) is 0 Å². The summed E-state index contributed by atoms with van der Waals surface area (Å²) in [6.45, 7) is 12.2. The highest BCUT2D eigenvalue weighted by Crippen LogP contribution is 2.26. The van der Waals surface area contributed by atoms with Crippen molar-refractivity contribution in [3.63, 3.8) is 0 Å². The lowest BCUT2D eigenvalue weighted by Crippen LogP contribution is -2.28. The average Bonchev–Trinajstić information content (AvgIpc) is 2.24. The van der Waals surface area contributed by atoms with Gasteiger partial charge in [0.25, 0.3) is 0 Å². The van der Waals surface area contributed by atoms with Crippen LogP contribution in [-0.4, -0.2) is 11.5 Å². The first-order valence-electron chi connectivity index (χ1n) is 6.70. The molecule has 2 unspecified atom stereocenters. The van der Waals surface area contributed by atoms with Crippen molar-refractivity contribution in [2.24, 2.45) is 11.8 Å². The number of pyridine rings is 1. The second-order valence-electron chi connectivity index (χ2n) is 5.40. The number of hydrogen-bond acceptors (Lipinski definition) is 2. The third kappa shape index (κ3) is 4.47. The van der Waals surface area contributed by atoms with E-state index in [1.54, 1.807) is 0 Å². The van der Waals surface area contributed by atoms with E-state index in [4.69, 9.17) is 0 Å². The molecule has 0 aliphatic heterocycles. The minimum absolute atomic E-state index is 0.377. The quantitative estimate of drug-likeness (QED) is 0.811. The van der Waals surface area contributed by atoms with E-state index in [1.165, 1.54) is 17.7 Å². The van der Waals surface area contributed by atoms with Gasteiger partial charge >= 0.3 is 0 Å². The van der Waals surface area contributed by atoms with Crippen LogP contribution in [-0.2, 0) is 0 Å². The van der Waals surface area contributed by atoms with Gasteiger partial charge < -0.3 is 5.32 Å². The average molecular weight is 234 g/mol. The van der Waals surface area contributed by atoms with Gasteiger partial charge in [-0.2, -0.15) is 0 Å². The summed E-state index contributed by atoms with van der Waals surface area (Å²) < 4.78 is 0. The molecule has 1 heterocycles. The van der Waals surface area contributed by atoms with Crippen molar-refractivity contribution in [1.29, 1.82) is 0 Å². The van der Waals surface area contributed by atoms with E-state index in [1.807, 2.05) is 6.20 Å². The van der Waals surface area contributed by atoms with Gasteiger partial charge in [-0.15, -0.1) is 0 Å². The van der Waals surface area contributed by atoms with Crippen LogP contribution in [0.15, 0.2) is 18.3 Å². The zero-order valence-electron chi connectivity index (χ0n) is 11.8.